The number of aromatic nitrogens is 3. The Labute approximate surface area is 239 Å². The first-order valence-corrected chi connectivity index (χ1v) is 14.6. The van der Waals surface area contributed by atoms with Gasteiger partial charge >= 0.3 is 6.03 Å². The Balaban J connectivity index is 1.30. The van der Waals surface area contributed by atoms with Crippen LogP contribution in [-0.4, -0.2) is 51.0 Å². The fourth-order valence-electron chi connectivity index (χ4n) is 4.86. The average Bonchev–Trinajstić information content (AvgIpc) is 3.80. The number of carbonyl (C=O) groups excluding carboxylic acids is 1. The molecule has 1 unspecified atom stereocenters. The lowest BCUT2D eigenvalue weighted by Gasteiger charge is -2.34. The zero-order valence-corrected chi connectivity index (χ0v) is 23.2. The molecule has 1 saturated heterocycles. The van der Waals surface area contributed by atoms with Gasteiger partial charge in [-0.2, -0.15) is 0 Å². The fraction of sp³-hybridized carbons (Fsp3) is 0.267. The molecule has 41 heavy (non-hydrogen) atoms. The molecule has 1 aliphatic heterocycles. The highest BCUT2D eigenvalue weighted by Gasteiger charge is 2.52. The Kier molecular flexibility index (Phi) is 7.46. The van der Waals surface area contributed by atoms with Crippen molar-refractivity contribution in [1.82, 2.24) is 15.0 Å². The maximum Gasteiger partial charge on any atom is 0.324 e. The first kappa shape index (κ1) is 27.0. The van der Waals surface area contributed by atoms with Crippen molar-refractivity contribution < 1.29 is 18.1 Å². The Morgan fingerprint density at radius 3 is 2.51 bits per heavy atom. The van der Waals surface area contributed by atoms with E-state index in [0.717, 1.165) is 11.4 Å². The van der Waals surface area contributed by atoms with E-state index < -0.39 is 21.6 Å². The van der Waals surface area contributed by atoms with Gasteiger partial charge < -0.3 is 15.0 Å². The molecule has 4 aromatic rings. The summed E-state index contributed by atoms with van der Waals surface area (Å²) < 4.78 is 32.3. The van der Waals surface area contributed by atoms with Crippen molar-refractivity contribution in [2.45, 2.75) is 35.4 Å². The molecule has 0 bridgehead atoms. The predicted octanol–water partition coefficient (Wildman–Crippen LogP) is 5.34. The second-order valence-electron chi connectivity index (χ2n) is 10.1. The molecule has 2 aromatic heterocycles. The van der Waals surface area contributed by atoms with Crippen molar-refractivity contribution in [2.24, 2.45) is 0 Å². The number of halogens is 1. The molecule has 2 atom stereocenters. The van der Waals surface area contributed by atoms with E-state index in [4.69, 9.17) is 14.7 Å². The summed E-state index contributed by atoms with van der Waals surface area (Å²) in [7, 11) is -1.42. The molecule has 9 nitrogen and oxygen atoms in total. The van der Waals surface area contributed by atoms with Crippen LogP contribution in [0.3, 0.4) is 0 Å². The zero-order chi connectivity index (χ0) is 28.4. The largest absolute Gasteiger partial charge is 0.377 e. The zero-order valence-electron chi connectivity index (χ0n) is 22.4. The summed E-state index contributed by atoms with van der Waals surface area (Å²) in [6.07, 6.45) is 3.02. The summed E-state index contributed by atoms with van der Waals surface area (Å²) >= 11 is 0. The van der Waals surface area contributed by atoms with E-state index in [1.54, 1.807) is 48.7 Å². The number of nitrogens with zero attached hydrogens (tertiary/aromatic N) is 4. The lowest BCUT2D eigenvalue weighted by molar-refractivity contribution is 0.0985. The van der Waals surface area contributed by atoms with E-state index in [2.05, 4.69) is 27.4 Å². The van der Waals surface area contributed by atoms with E-state index >= 15 is 0 Å². The van der Waals surface area contributed by atoms with Gasteiger partial charge in [-0.3, -0.25) is 9.53 Å². The number of benzene rings is 2. The number of pyridine rings is 1. The molecule has 2 fully saturated rings. The number of urea groups is 1. The smallest absolute Gasteiger partial charge is 0.324 e. The number of hydrogen-bond acceptors (Lipinski definition) is 7. The van der Waals surface area contributed by atoms with Crippen LogP contribution in [0, 0.1) is 5.82 Å². The quantitative estimate of drug-likeness (QED) is 0.308. The van der Waals surface area contributed by atoms with E-state index in [9.17, 15) is 13.4 Å². The minimum Gasteiger partial charge on any atom is -0.377 e. The molecule has 11 heteroatoms. The molecule has 0 spiro atoms. The molecular formula is C30H29FN6O3S. The number of morpholine rings is 1. The molecule has 2 aromatic carbocycles. The van der Waals surface area contributed by atoms with Gasteiger partial charge in [0, 0.05) is 35.0 Å². The number of anilines is 3. The normalized spacial score (nSPS) is 18.4. The number of carbonyl (C=O) groups is 1. The minimum atomic E-state index is -1.42. The van der Waals surface area contributed by atoms with Crippen molar-refractivity contribution in [3.05, 3.63) is 90.5 Å². The second kappa shape index (κ2) is 11.3. The highest BCUT2D eigenvalue weighted by atomic mass is 32.2. The van der Waals surface area contributed by atoms with Crippen molar-refractivity contribution in [3.8, 4) is 11.4 Å². The summed E-state index contributed by atoms with van der Waals surface area (Å²) in [6.45, 7) is 3.94. The molecule has 1 aliphatic carbocycles. The van der Waals surface area contributed by atoms with Gasteiger partial charge in [-0.25, -0.2) is 24.1 Å². The topological polar surface area (TPSA) is 109 Å². The van der Waals surface area contributed by atoms with Gasteiger partial charge in [-0.1, -0.05) is 6.07 Å². The number of ether oxygens (including phenoxy) is 1. The summed E-state index contributed by atoms with van der Waals surface area (Å²) in [5.41, 5.74) is 2.06. The third kappa shape index (κ3) is 5.82. The Morgan fingerprint density at radius 1 is 1.05 bits per heavy atom. The van der Waals surface area contributed by atoms with Gasteiger partial charge in [0.25, 0.3) is 0 Å². The van der Waals surface area contributed by atoms with Crippen molar-refractivity contribution >= 4 is 34.2 Å². The van der Waals surface area contributed by atoms with Gasteiger partial charge in [0.05, 0.1) is 40.5 Å². The van der Waals surface area contributed by atoms with Crippen LogP contribution in [0.5, 0.6) is 0 Å². The molecule has 210 valence electrons. The summed E-state index contributed by atoms with van der Waals surface area (Å²) in [5, 5.41) is 5.49. The lowest BCUT2D eigenvalue weighted by atomic mass is 10.1. The fourth-order valence-corrected chi connectivity index (χ4v) is 6.47. The van der Waals surface area contributed by atoms with Gasteiger partial charge in [-0.05, 0) is 80.4 Å². The highest BCUT2D eigenvalue weighted by molar-refractivity contribution is 7.86. The first-order chi connectivity index (χ1) is 19.9. The van der Waals surface area contributed by atoms with Crippen LogP contribution in [-0.2, 0) is 20.3 Å². The van der Waals surface area contributed by atoms with Crippen molar-refractivity contribution in [1.29, 1.82) is 0 Å². The summed E-state index contributed by atoms with van der Waals surface area (Å²) in [5.74, 6) is 1.34. The van der Waals surface area contributed by atoms with Crippen LogP contribution in [0.1, 0.15) is 25.5 Å². The first-order valence-electron chi connectivity index (χ1n) is 13.4. The van der Waals surface area contributed by atoms with Gasteiger partial charge in [0.15, 0.2) is 5.82 Å². The number of amides is 2. The number of rotatable bonds is 7. The van der Waals surface area contributed by atoms with Crippen LogP contribution in [0.2, 0.25) is 0 Å². The van der Waals surface area contributed by atoms with Gasteiger partial charge in [0.1, 0.15) is 17.5 Å². The second-order valence-corrected chi connectivity index (χ2v) is 11.9. The lowest BCUT2D eigenvalue weighted by Crippen LogP contribution is -2.44. The summed E-state index contributed by atoms with van der Waals surface area (Å²) in [4.78, 5) is 29.1. The average molecular weight is 573 g/mol. The van der Waals surface area contributed by atoms with Crippen molar-refractivity contribution in [2.75, 3.05) is 35.3 Å². The standard InChI is InChI=1S/C30H29FN6O3S/c1-20-19-40-17-16-37(20)27-18-25(30(13-14-30)41(39)24-11-7-22(31)8-12-24)34-28(36-27)21-5-9-23(10-6-21)33-29(38)35-26-4-2-3-15-32-26/h2-12,15,18,20H,13-14,16-17,19H2,1H3,(H2,32,33,35,38)/t20-,41?/m0/s1. The Morgan fingerprint density at radius 2 is 1.83 bits per heavy atom. The van der Waals surface area contributed by atoms with Crippen LogP contribution in [0.4, 0.5) is 26.5 Å². The maximum absolute atomic E-state index is 13.8. The monoisotopic (exact) mass is 572 g/mol. The molecule has 1 saturated carbocycles. The number of nitrogens with one attached hydrogen (secondary N) is 2. The van der Waals surface area contributed by atoms with E-state index in [0.29, 0.717) is 60.5 Å². The van der Waals surface area contributed by atoms with Crippen LogP contribution in [0.15, 0.2) is 83.9 Å². The molecule has 6 rings (SSSR count). The van der Waals surface area contributed by atoms with Gasteiger partial charge in [0.2, 0.25) is 0 Å². The van der Waals surface area contributed by atoms with E-state index in [1.807, 2.05) is 18.2 Å². The molecular weight excluding hydrogens is 543 g/mol. The molecule has 2 amide bonds. The summed E-state index contributed by atoms with van der Waals surface area (Å²) in [6, 6.07) is 20.0. The predicted molar refractivity (Wildman–Crippen MR) is 156 cm³/mol. The third-order valence-electron chi connectivity index (χ3n) is 7.24. The highest BCUT2D eigenvalue weighted by Crippen LogP contribution is 2.53. The van der Waals surface area contributed by atoms with Gasteiger partial charge in [-0.15, -0.1) is 0 Å². The van der Waals surface area contributed by atoms with Crippen LogP contribution < -0.4 is 15.5 Å². The Bertz CT molecular complexity index is 1570. The maximum atomic E-state index is 13.8. The molecule has 2 aliphatic rings. The van der Waals surface area contributed by atoms with E-state index in [-0.39, 0.29) is 11.9 Å². The van der Waals surface area contributed by atoms with E-state index in [1.165, 1.54) is 12.1 Å². The SMILES string of the molecule is C[C@H]1COCCN1c1cc(C2(S(=O)c3ccc(F)cc3)CC2)nc(-c2ccc(NC(=O)Nc3ccccn3)cc2)n1. The molecule has 3 heterocycles. The van der Waals surface area contributed by atoms with Crippen molar-refractivity contribution in [3.63, 3.8) is 0 Å². The molecule has 2 N–H and O–H groups in total. The number of hydrogen-bond donors (Lipinski definition) is 2. The Hall–Kier alpha value is -4.22. The van der Waals surface area contributed by atoms with Crippen LogP contribution in [0.25, 0.3) is 11.4 Å². The molecule has 0 radical (unpaired) electrons. The minimum absolute atomic E-state index is 0.112. The third-order valence-corrected chi connectivity index (χ3v) is 9.26. The van der Waals surface area contributed by atoms with Crippen LogP contribution >= 0.6 is 0 Å².